The number of aryl methyl sites for hydroxylation is 2. The Labute approximate surface area is 111 Å². The summed E-state index contributed by atoms with van der Waals surface area (Å²) in [6.45, 7) is 4.15. The van der Waals surface area contributed by atoms with Gasteiger partial charge in [-0.15, -0.1) is 0 Å². The van der Waals surface area contributed by atoms with Gasteiger partial charge in [-0.05, 0) is 32.3 Å². The molecule has 0 unspecified atom stereocenters. The number of carbonyl (C=O) groups is 2. The summed E-state index contributed by atoms with van der Waals surface area (Å²) in [6.07, 6.45) is 1.83. The van der Waals surface area contributed by atoms with E-state index in [2.05, 4.69) is 10.2 Å². The van der Waals surface area contributed by atoms with E-state index in [1.807, 2.05) is 6.92 Å². The average molecular weight is 263 g/mol. The van der Waals surface area contributed by atoms with Crippen LogP contribution in [-0.2, 0) is 11.2 Å². The molecule has 1 aliphatic rings. The molecule has 0 bridgehead atoms. The normalized spacial score (nSPS) is 18.6. The van der Waals surface area contributed by atoms with Crippen LogP contribution in [0.2, 0.25) is 0 Å². The van der Waals surface area contributed by atoms with E-state index in [-0.39, 0.29) is 5.91 Å². The third-order valence-electron chi connectivity index (χ3n) is 3.36. The molecule has 6 nitrogen and oxygen atoms in total. The number of rotatable bonds is 3. The number of aliphatic carboxylic acids is 1. The molecule has 0 saturated carbocycles. The van der Waals surface area contributed by atoms with Crippen LogP contribution < -0.4 is 0 Å². The lowest BCUT2D eigenvalue weighted by Crippen LogP contribution is -2.40. The third kappa shape index (κ3) is 2.57. The summed E-state index contributed by atoms with van der Waals surface area (Å²) in [5.74, 6) is -1.19. The molecule has 6 heteroatoms. The van der Waals surface area contributed by atoms with Crippen LogP contribution in [0.1, 0.15) is 41.5 Å². The fourth-order valence-corrected chi connectivity index (χ4v) is 2.38. The van der Waals surface area contributed by atoms with E-state index in [9.17, 15) is 9.59 Å². The highest BCUT2D eigenvalue weighted by molar-refractivity contribution is 5.97. The Balaban J connectivity index is 2.33. The van der Waals surface area contributed by atoms with Crippen LogP contribution in [0.4, 0.5) is 0 Å². The monoisotopic (exact) mass is 263 g/mol. The van der Waals surface area contributed by atoms with Gasteiger partial charge in [-0.25, -0.2) is 4.79 Å². The fraction of sp³-hybridized carbons (Fsp3) is 0.538. The molecule has 0 aliphatic carbocycles. The van der Waals surface area contributed by atoms with Crippen molar-refractivity contribution in [3.8, 4) is 0 Å². The highest BCUT2D eigenvalue weighted by atomic mass is 16.4. The number of hydrogen-bond donors (Lipinski definition) is 1. The highest BCUT2D eigenvalue weighted by Gasteiger charge is 2.35. The van der Waals surface area contributed by atoms with Crippen LogP contribution in [0, 0.1) is 6.92 Å². The minimum atomic E-state index is -0.942. The maximum atomic E-state index is 12.5. The van der Waals surface area contributed by atoms with Gasteiger partial charge in [0.05, 0.1) is 17.0 Å². The van der Waals surface area contributed by atoms with Crippen molar-refractivity contribution in [1.29, 1.82) is 0 Å². The SMILES string of the molecule is CCc1nnc(C)cc1C(=O)N1CCC[C@H]1C(=O)O. The summed E-state index contributed by atoms with van der Waals surface area (Å²) in [4.78, 5) is 25.1. The summed E-state index contributed by atoms with van der Waals surface area (Å²) in [5.41, 5.74) is 1.75. The topological polar surface area (TPSA) is 83.4 Å². The van der Waals surface area contributed by atoms with E-state index in [0.29, 0.717) is 36.3 Å². The molecule has 1 aliphatic heterocycles. The molecule has 2 rings (SSSR count). The quantitative estimate of drug-likeness (QED) is 0.880. The first-order valence-corrected chi connectivity index (χ1v) is 6.41. The zero-order valence-corrected chi connectivity index (χ0v) is 11.1. The smallest absolute Gasteiger partial charge is 0.326 e. The average Bonchev–Trinajstić information content (AvgIpc) is 2.87. The molecule has 1 fully saturated rings. The predicted molar refractivity (Wildman–Crippen MR) is 67.8 cm³/mol. The number of aromatic nitrogens is 2. The summed E-state index contributed by atoms with van der Waals surface area (Å²) in [5, 5.41) is 17.1. The molecule has 1 aromatic heterocycles. The molecule has 2 heterocycles. The second-order valence-corrected chi connectivity index (χ2v) is 4.69. The van der Waals surface area contributed by atoms with Gasteiger partial charge in [0, 0.05) is 6.54 Å². The number of carboxylic acid groups (broad SMARTS) is 1. The Bertz CT molecular complexity index is 516. The first-order chi connectivity index (χ1) is 9.04. The van der Waals surface area contributed by atoms with Crippen LogP contribution >= 0.6 is 0 Å². The van der Waals surface area contributed by atoms with Crippen molar-refractivity contribution in [2.75, 3.05) is 6.54 Å². The van der Waals surface area contributed by atoms with Crippen LogP contribution in [0.5, 0.6) is 0 Å². The molecule has 0 aromatic carbocycles. The molecular formula is C13H17N3O3. The summed E-state index contributed by atoms with van der Waals surface area (Å²) >= 11 is 0. The van der Waals surface area contributed by atoms with Crippen molar-refractivity contribution >= 4 is 11.9 Å². The zero-order valence-electron chi connectivity index (χ0n) is 11.1. The number of carboxylic acids is 1. The number of likely N-dealkylation sites (tertiary alicyclic amines) is 1. The van der Waals surface area contributed by atoms with E-state index < -0.39 is 12.0 Å². The Morgan fingerprint density at radius 3 is 2.84 bits per heavy atom. The maximum absolute atomic E-state index is 12.5. The molecule has 0 spiro atoms. The molecule has 1 N–H and O–H groups in total. The molecule has 102 valence electrons. The molecule has 1 aromatic rings. The van der Waals surface area contributed by atoms with E-state index >= 15 is 0 Å². The van der Waals surface area contributed by atoms with Crippen LogP contribution in [0.15, 0.2) is 6.07 Å². The van der Waals surface area contributed by atoms with Crippen molar-refractivity contribution < 1.29 is 14.7 Å². The van der Waals surface area contributed by atoms with Crippen molar-refractivity contribution in [2.24, 2.45) is 0 Å². The first-order valence-electron chi connectivity index (χ1n) is 6.41. The molecule has 1 saturated heterocycles. The first kappa shape index (κ1) is 13.5. The summed E-state index contributed by atoms with van der Waals surface area (Å²) in [6, 6.07) is 0.969. The van der Waals surface area contributed by atoms with Gasteiger partial charge >= 0.3 is 5.97 Å². The van der Waals surface area contributed by atoms with E-state index in [4.69, 9.17) is 5.11 Å². The van der Waals surface area contributed by atoms with Crippen LogP contribution in [0.3, 0.4) is 0 Å². The second kappa shape index (κ2) is 5.34. The van der Waals surface area contributed by atoms with Gasteiger partial charge < -0.3 is 10.0 Å². The van der Waals surface area contributed by atoms with E-state index in [1.54, 1.807) is 13.0 Å². The third-order valence-corrected chi connectivity index (χ3v) is 3.36. The lowest BCUT2D eigenvalue weighted by Gasteiger charge is -2.22. The Kier molecular flexibility index (Phi) is 3.78. The lowest BCUT2D eigenvalue weighted by atomic mass is 10.1. The predicted octanol–water partition coefficient (Wildman–Crippen LogP) is 1.04. The Hall–Kier alpha value is -1.98. The van der Waals surface area contributed by atoms with Crippen molar-refractivity contribution in [3.05, 3.63) is 23.0 Å². The van der Waals surface area contributed by atoms with Gasteiger partial charge in [-0.1, -0.05) is 6.92 Å². The Morgan fingerprint density at radius 1 is 1.47 bits per heavy atom. The largest absolute Gasteiger partial charge is 0.480 e. The number of nitrogens with zero attached hydrogens (tertiary/aromatic N) is 3. The maximum Gasteiger partial charge on any atom is 0.326 e. The second-order valence-electron chi connectivity index (χ2n) is 4.69. The number of carbonyl (C=O) groups excluding carboxylic acids is 1. The van der Waals surface area contributed by atoms with Gasteiger partial charge in [0.15, 0.2) is 0 Å². The van der Waals surface area contributed by atoms with E-state index in [1.165, 1.54) is 4.90 Å². The molecule has 0 radical (unpaired) electrons. The standard InChI is InChI=1S/C13H17N3O3/c1-3-10-9(7-8(2)14-15-10)12(17)16-6-4-5-11(16)13(18)19/h7,11H,3-6H2,1-2H3,(H,18,19)/t11-/m0/s1. The van der Waals surface area contributed by atoms with Crippen LogP contribution in [-0.4, -0.2) is 44.7 Å². The van der Waals surface area contributed by atoms with Gasteiger partial charge in [0.1, 0.15) is 6.04 Å². The molecule has 1 atom stereocenters. The van der Waals surface area contributed by atoms with Gasteiger partial charge in [0.25, 0.3) is 5.91 Å². The fourth-order valence-electron chi connectivity index (χ4n) is 2.38. The van der Waals surface area contributed by atoms with Gasteiger partial charge in [-0.2, -0.15) is 10.2 Å². The summed E-state index contributed by atoms with van der Waals surface area (Å²) in [7, 11) is 0. The number of amides is 1. The zero-order chi connectivity index (χ0) is 14.0. The molecule has 19 heavy (non-hydrogen) atoms. The molecular weight excluding hydrogens is 246 g/mol. The minimum absolute atomic E-state index is 0.250. The van der Waals surface area contributed by atoms with Crippen molar-refractivity contribution in [2.45, 2.75) is 39.2 Å². The molecule has 1 amide bonds. The van der Waals surface area contributed by atoms with Crippen molar-refractivity contribution in [3.63, 3.8) is 0 Å². The van der Waals surface area contributed by atoms with Crippen molar-refractivity contribution in [1.82, 2.24) is 15.1 Å². The summed E-state index contributed by atoms with van der Waals surface area (Å²) < 4.78 is 0. The van der Waals surface area contributed by atoms with Crippen LogP contribution in [0.25, 0.3) is 0 Å². The highest BCUT2D eigenvalue weighted by Crippen LogP contribution is 2.21. The minimum Gasteiger partial charge on any atom is -0.480 e. The lowest BCUT2D eigenvalue weighted by molar-refractivity contribution is -0.141. The van der Waals surface area contributed by atoms with E-state index in [0.717, 1.165) is 6.42 Å². The number of hydrogen-bond acceptors (Lipinski definition) is 4. The van der Waals surface area contributed by atoms with Gasteiger partial charge in [-0.3, -0.25) is 4.79 Å². The van der Waals surface area contributed by atoms with Gasteiger partial charge in [0.2, 0.25) is 0 Å². The Morgan fingerprint density at radius 2 is 2.21 bits per heavy atom.